The fourth-order valence-corrected chi connectivity index (χ4v) is 3.59. The summed E-state index contributed by atoms with van der Waals surface area (Å²) in [4.78, 5) is 27.5. The Kier molecular flexibility index (Phi) is 6.46. The van der Waals surface area contributed by atoms with Crippen LogP contribution >= 0.6 is 0 Å². The van der Waals surface area contributed by atoms with Crippen LogP contribution in [-0.4, -0.2) is 78.8 Å². The molecule has 2 saturated heterocycles. The highest BCUT2D eigenvalue weighted by atomic mass is 16.5. The molecule has 0 radical (unpaired) electrons. The Morgan fingerprint density at radius 2 is 1.96 bits per heavy atom. The van der Waals surface area contributed by atoms with Gasteiger partial charge in [-0.3, -0.25) is 14.5 Å². The van der Waals surface area contributed by atoms with Gasteiger partial charge >= 0.3 is 5.97 Å². The lowest BCUT2D eigenvalue weighted by Gasteiger charge is -2.30. The Labute approximate surface area is 153 Å². The summed E-state index contributed by atoms with van der Waals surface area (Å²) in [6.45, 7) is 3.38. The Bertz CT molecular complexity index is 609. The number of hydrogen-bond acceptors (Lipinski definition) is 5. The van der Waals surface area contributed by atoms with Gasteiger partial charge in [0, 0.05) is 32.0 Å². The SMILES string of the molecule is O=C(O)CN1C[C@H]2COC[C@@H]1CN(C(=O)CCCOc1ccccc1)C2. The molecule has 2 fully saturated rings. The van der Waals surface area contributed by atoms with E-state index in [2.05, 4.69) is 0 Å². The zero-order chi connectivity index (χ0) is 18.4. The van der Waals surface area contributed by atoms with Crippen LogP contribution in [0.15, 0.2) is 30.3 Å². The number of para-hydroxylation sites is 1. The Hall–Kier alpha value is -2.12. The van der Waals surface area contributed by atoms with Gasteiger partial charge in [0.15, 0.2) is 0 Å². The molecule has 7 nitrogen and oxygen atoms in total. The molecule has 2 atom stereocenters. The molecular weight excluding hydrogens is 336 g/mol. The van der Waals surface area contributed by atoms with Gasteiger partial charge in [-0.1, -0.05) is 18.2 Å². The van der Waals surface area contributed by atoms with Crippen LogP contribution in [0.4, 0.5) is 0 Å². The van der Waals surface area contributed by atoms with E-state index in [9.17, 15) is 9.59 Å². The summed E-state index contributed by atoms with van der Waals surface area (Å²) in [6.07, 6.45) is 1.10. The highest BCUT2D eigenvalue weighted by Crippen LogP contribution is 2.20. The highest BCUT2D eigenvalue weighted by Gasteiger charge is 2.35. The van der Waals surface area contributed by atoms with Gasteiger partial charge in [0.1, 0.15) is 5.75 Å². The highest BCUT2D eigenvalue weighted by molar-refractivity contribution is 5.76. The second-order valence-corrected chi connectivity index (χ2v) is 6.94. The largest absolute Gasteiger partial charge is 0.494 e. The van der Waals surface area contributed by atoms with E-state index in [1.807, 2.05) is 40.1 Å². The molecule has 2 aliphatic rings. The first-order chi connectivity index (χ1) is 12.6. The summed E-state index contributed by atoms with van der Waals surface area (Å²) in [5.41, 5.74) is 0. The normalized spacial score (nSPS) is 23.3. The van der Waals surface area contributed by atoms with E-state index in [1.54, 1.807) is 0 Å². The summed E-state index contributed by atoms with van der Waals surface area (Å²) in [6, 6.07) is 9.51. The average molecular weight is 362 g/mol. The third kappa shape index (κ3) is 5.19. The first-order valence-corrected chi connectivity index (χ1v) is 9.11. The van der Waals surface area contributed by atoms with Gasteiger partial charge in [0.2, 0.25) is 5.91 Å². The third-order valence-electron chi connectivity index (χ3n) is 4.82. The summed E-state index contributed by atoms with van der Waals surface area (Å²) < 4.78 is 11.3. The molecule has 2 heterocycles. The number of rotatable bonds is 7. The van der Waals surface area contributed by atoms with Crippen LogP contribution in [0.2, 0.25) is 0 Å². The number of carbonyl (C=O) groups excluding carboxylic acids is 1. The number of hydrogen-bond donors (Lipinski definition) is 1. The number of aliphatic carboxylic acids is 1. The lowest BCUT2D eigenvalue weighted by Crippen LogP contribution is -2.47. The molecule has 1 aromatic rings. The predicted molar refractivity (Wildman–Crippen MR) is 95.1 cm³/mol. The smallest absolute Gasteiger partial charge is 0.317 e. The van der Waals surface area contributed by atoms with Gasteiger partial charge in [-0.15, -0.1) is 0 Å². The number of fused-ring (bicyclic) bond motifs is 3. The van der Waals surface area contributed by atoms with Gasteiger partial charge < -0.3 is 19.5 Å². The number of carbonyl (C=O) groups is 2. The van der Waals surface area contributed by atoms with Crippen LogP contribution in [0, 0.1) is 5.92 Å². The lowest BCUT2D eigenvalue weighted by molar-refractivity contribution is -0.139. The molecule has 142 valence electrons. The molecular formula is C19H26N2O5. The molecule has 7 heteroatoms. The number of ether oxygens (including phenoxy) is 2. The van der Waals surface area contributed by atoms with Crippen molar-refractivity contribution >= 4 is 11.9 Å². The van der Waals surface area contributed by atoms with E-state index in [1.165, 1.54) is 0 Å². The second kappa shape index (κ2) is 9.00. The van der Waals surface area contributed by atoms with E-state index in [0.717, 1.165) is 5.75 Å². The fraction of sp³-hybridized carbons (Fsp3) is 0.579. The van der Waals surface area contributed by atoms with E-state index >= 15 is 0 Å². The Morgan fingerprint density at radius 3 is 2.73 bits per heavy atom. The van der Waals surface area contributed by atoms with E-state index in [0.29, 0.717) is 52.3 Å². The van der Waals surface area contributed by atoms with Gasteiger partial charge in [-0.2, -0.15) is 0 Å². The zero-order valence-corrected chi connectivity index (χ0v) is 14.9. The molecule has 0 aliphatic carbocycles. The van der Waals surface area contributed by atoms with Crippen molar-refractivity contribution < 1.29 is 24.2 Å². The fourth-order valence-electron chi connectivity index (χ4n) is 3.59. The first-order valence-electron chi connectivity index (χ1n) is 9.11. The van der Waals surface area contributed by atoms with Gasteiger partial charge in [0.25, 0.3) is 0 Å². The van der Waals surface area contributed by atoms with Crippen molar-refractivity contribution in [2.24, 2.45) is 5.92 Å². The number of carboxylic acids is 1. The molecule has 2 aliphatic heterocycles. The van der Waals surface area contributed by atoms with Gasteiger partial charge in [-0.25, -0.2) is 0 Å². The van der Waals surface area contributed by atoms with Crippen molar-refractivity contribution in [3.8, 4) is 5.75 Å². The predicted octanol–water partition coefficient (Wildman–Crippen LogP) is 1.09. The Balaban J connectivity index is 1.49. The van der Waals surface area contributed by atoms with Crippen molar-refractivity contribution in [1.82, 2.24) is 9.80 Å². The quantitative estimate of drug-likeness (QED) is 0.732. The molecule has 2 bridgehead atoms. The Morgan fingerprint density at radius 1 is 1.15 bits per heavy atom. The minimum absolute atomic E-state index is 0.00251. The van der Waals surface area contributed by atoms with Gasteiger partial charge in [-0.05, 0) is 18.6 Å². The monoisotopic (exact) mass is 362 g/mol. The van der Waals surface area contributed by atoms with E-state index < -0.39 is 5.97 Å². The van der Waals surface area contributed by atoms with Crippen LogP contribution in [0.3, 0.4) is 0 Å². The number of amides is 1. The molecule has 1 N–H and O–H groups in total. The van der Waals surface area contributed by atoms with Gasteiger partial charge in [0.05, 0.1) is 32.4 Å². The van der Waals surface area contributed by atoms with Crippen molar-refractivity contribution in [3.05, 3.63) is 30.3 Å². The minimum Gasteiger partial charge on any atom is -0.494 e. The summed E-state index contributed by atoms with van der Waals surface area (Å²) >= 11 is 0. The zero-order valence-electron chi connectivity index (χ0n) is 14.9. The molecule has 3 rings (SSSR count). The number of carboxylic acid groups (broad SMARTS) is 1. The van der Waals surface area contributed by atoms with Crippen molar-refractivity contribution in [2.75, 3.05) is 46.0 Å². The van der Waals surface area contributed by atoms with Crippen LogP contribution in [0.25, 0.3) is 0 Å². The van der Waals surface area contributed by atoms with E-state index in [-0.39, 0.29) is 24.4 Å². The maximum Gasteiger partial charge on any atom is 0.317 e. The maximum absolute atomic E-state index is 12.6. The minimum atomic E-state index is -0.839. The summed E-state index contributed by atoms with van der Waals surface area (Å²) in [5.74, 6) is 0.237. The van der Waals surface area contributed by atoms with Crippen molar-refractivity contribution in [2.45, 2.75) is 18.9 Å². The van der Waals surface area contributed by atoms with E-state index in [4.69, 9.17) is 14.6 Å². The summed E-state index contributed by atoms with van der Waals surface area (Å²) in [5, 5.41) is 9.11. The average Bonchev–Trinajstić information content (AvgIpc) is 2.88. The number of benzene rings is 1. The number of nitrogens with zero attached hydrogens (tertiary/aromatic N) is 2. The molecule has 0 saturated carbocycles. The van der Waals surface area contributed by atoms with Crippen LogP contribution < -0.4 is 4.74 Å². The molecule has 1 aromatic carbocycles. The standard InChI is InChI=1S/C19H26N2O5/c22-18(7-4-8-26-17-5-2-1-3-6-17)21-10-15-9-20(12-19(23)24)16(11-21)14-25-13-15/h1-3,5-6,15-16H,4,7-14H2,(H,23,24)/t15-,16+/m1/s1. The van der Waals surface area contributed by atoms with Crippen molar-refractivity contribution in [3.63, 3.8) is 0 Å². The molecule has 0 spiro atoms. The molecule has 0 unspecified atom stereocenters. The molecule has 0 aromatic heterocycles. The third-order valence-corrected chi connectivity index (χ3v) is 4.82. The van der Waals surface area contributed by atoms with Crippen LogP contribution in [0.5, 0.6) is 5.75 Å². The molecule has 1 amide bonds. The topological polar surface area (TPSA) is 79.3 Å². The first kappa shape index (κ1) is 18.7. The summed E-state index contributed by atoms with van der Waals surface area (Å²) in [7, 11) is 0. The molecule has 26 heavy (non-hydrogen) atoms. The second-order valence-electron chi connectivity index (χ2n) is 6.94. The lowest BCUT2D eigenvalue weighted by atomic mass is 10.1. The van der Waals surface area contributed by atoms with Crippen LogP contribution in [-0.2, 0) is 14.3 Å². The van der Waals surface area contributed by atoms with Crippen LogP contribution in [0.1, 0.15) is 12.8 Å². The van der Waals surface area contributed by atoms with Crippen molar-refractivity contribution in [1.29, 1.82) is 0 Å². The maximum atomic E-state index is 12.6.